The fourth-order valence-electron chi connectivity index (χ4n) is 2.33. The second-order valence-corrected chi connectivity index (χ2v) is 4.67. The van der Waals surface area contributed by atoms with Crippen molar-refractivity contribution in [3.05, 3.63) is 60.7 Å². The highest BCUT2D eigenvalue weighted by atomic mass is 16.2. The zero-order valence-electron chi connectivity index (χ0n) is 10.8. The summed E-state index contributed by atoms with van der Waals surface area (Å²) in [4.78, 5) is 25.7. The normalized spacial score (nSPS) is 18.4. The lowest BCUT2D eigenvalue weighted by molar-refractivity contribution is -0.121. The van der Waals surface area contributed by atoms with Gasteiger partial charge in [-0.3, -0.25) is 9.59 Å². The lowest BCUT2D eigenvalue weighted by atomic mass is 10.2. The van der Waals surface area contributed by atoms with Crippen LogP contribution in [0.5, 0.6) is 0 Å². The van der Waals surface area contributed by atoms with Crippen LogP contribution in [0.25, 0.3) is 0 Å². The first-order valence-electron chi connectivity index (χ1n) is 6.49. The minimum Gasteiger partial charge on any atom is -0.373 e. The van der Waals surface area contributed by atoms with Gasteiger partial charge in [-0.2, -0.15) is 0 Å². The van der Waals surface area contributed by atoms with E-state index in [9.17, 15) is 9.59 Å². The van der Waals surface area contributed by atoms with Gasteiger partial charge >= 0.3 is 0 Å². The minimum atomic E-state index is -0.495. The first-order valence-corrected chi connectivity index (χ1v) is 6.49. The molecule has 2 aromatic carbocycles. The van der Waals surface area contributed by atoms with Crippen molar-refractivity contribution in [2.45, 2.75) is 12.5 Å². The third kappa shape index (κ3) is 2.28. The van der Waals surface area contributed by atoms with Gasteiger partial charge in [-0.05, 0) is 24.3 Å². The summed E-state index contributed by atoms with van der Waals surface area (Å²) in [6, 6.07) is 18.0. The van der Waals surface area contributed by atoms with E-state index >= 15 is 0 Å². The monoisotopic (exact) mass is 266 g/mol. The molecule has 2 aromatic rings. The molecule has 1 heterocycles. The number of anilines is 2. The summed E-state index contributed by atoms with van der Waals surface area (Å²) in [7, 11) is 0. The molecular weight excluding hydrogens is 252 g/mol. The van der Waals surface area contributed by atoms with Crippen LogP contribution in [0.3, 0.4) is 0 Å². The number of nitrogens with one attached hydrogen (secondary N) is 1. The summed E-state index contributed by atoms with van der Waals surface area (Å²) >= 11 is 0. The fraction of sp³-hybridized carbons (Fsp3) is 0.125. The molecule has 4 nitrogen and oxygen atoms in total. The number of hydrogen-bond donors (Lipinski definition) is 1. The number of imide groups is 1. The average Bonchev–Trinajstić information content (AvgIpc) is 2.75. The van der Waals surface area contributed by atoms with E-state index in [-0.39, 0.29) is 18.2 Å². The Labute approximate surface area is 117 Å². The van der Waals surface area contributed by atoms with Crippen molar-refractivity contribution in [2.75, 3.05) is 10.2 Å². The molecule has 1 aliphatic rings. The van der Waals surface area contributed by atoms with Crippen LogP contribution in [-0.4, -0.2) is 17.9 Å². The third-order valence-electron chi connectivity index (χ3n) is 3.28. The highest BCUT2D eigenvalue weighted by Crippen LogP contribution is 2.24. The van der Waals surface area contributed by atoms with Crippen LogP contribution in [0.4, 0.5) is 11.4 Å². The molecule has 0 radical (unpaired) electrons. The molecule has 1 unspecified atom stereocenters. The predicted octanol–water partition coefficient (Wildman–Crippen LogP) is 2.43. The zero-order valence-corrected chi connectivity index (χ0v) is 10.8. The number of nitrogens with zero attached hydrogens (tertiary/aromatic N) is 1. The Balaban J connectivity index is 1.81. The van der Waals surface area contributed by atoms with E-state index in [4.69, 9.17) is 0 Å². The Morgan fingerprint density at radius 1 is 0.900 bits per heavy atom. The number of para-hydroxylation sites is 2. The van der Waals surface area contributed by atoms with Gasteiger partial charge in [0, 0.05) is 5.69 Å². The van der Waals surface area contributed by atoms with E-state index in [1.165, 1.54) is 4.90 Å². The van der Waals surface area contributed by atoms with E-state index in [1.54, 1.807) is 12.1 Å². The summed E-state index contributed by atoms with van der Waals surface area (Å²) < 4.78 is 0. The first kappa shape index (κ1) is 12.4. The van der Waals surface area contributed by atoms with Crippen molar-refractivity contribution in [3.63, 3.8) is 0 Å². The Hall–Kier alpha value is -2.62. The molecule has 0 bridgehead atoms. The highest BCUT2D eigenvalue weighted by Gasteiger charge is 2.39. The van der Waals surface area contributed by atoms with Crippen LogP contribution in [-0.2, 0) is 9.59 Å². The van der Waals surface area contributed by atoms with Gasteiger partial charge in [0.1, 0.15) is 6.04 Å². The SMILES string of the molecule is O=C1CC(Nc2ccccc2)C(=O)N1c1ccccc1. The number of hydrogen-bond acceptors (Lipinski definition) is 3. The van der Waals surface area contributed by atoms with Crippen LogP contribution < -0.4 is 10.2 Å². The van der Waals surface area contributed by atoms with Crippen molar-refractivity contribution in [2.24, 2.45) is 0 Å². The second kappa shape index (κ2) is 5.17. The molecule has 1 atom stereocenters. The summed E-state index contributed by atoms with van der Waals surface area (Å²) in [5.41, 5.74) is 1.47. The van der Waals surface area contributed by atoms with E-state index in [1.807, 2.05) is 48.5 Å². The molecule has 1 saturated heterocycles. The zero-order chi connectivity index (χ0) is 13.9. The molecule has 20 heavy (non-hydrogen) atoms. The fourth-order valence-corrected chi connectivity index (χ4v) is 2.33. The molecule has 0 aliphatic carbocycles. The minimum absolute atomic E-state index is 0.172. The Kier molecular flexibility index (Phi) is 3.21. The van der Waals surface area contributed by atoms with Crippen LogP contribution >= 0.6 is 0 Å². The predicted molar refractivity (Wildman–Crippen MR) is 77.4 cm³/mol. The molecule has 0 saturated carbocycles. The topological polar surface area (TPSA) is 49.4 Å². The van der Waals surface area contributed by atoms with Crippen LogP contribution in [0.1, 0.15) is 6.42 Å². The Morgan fingerprint density at radius 2 is 1.50 bits per heavy atom. The van der Waals surface area contributed by atoms with Crippen molar-refractivity contribution in [1.82, 2.24) is 0 Å². The molecule has 4 heteroatoms. The summed E-state index contributed by atoms with van der Waals surface area (Å²) in [5.74, 6) is -0.375. The number of carbonyl (C=O) groups is 2. The van der Waals surface area contributed by atoms with Crippen molar-refractivity contribution < 1.29 is 9.59 Å². The smallest absolute Gasteiger partial charge is 0.256 e. The summed E-state index contributed by atoms with van der Waals surface area (Å²) in [6.07, 6.45) is 0.183. The van der Waals surface area contributed by atoms with Crippen molar-refractivity contribution >= 4 is 23.2 Å². The molecule has 1 aliphatic heterocycles. The van der Waals surface area contributed by atoms with Crippen molar-refractivity contribution in [3.8, 4) is 0 Å². The Morgan fingerprint density at radius 3 is 2.15 bits per heavy atom. The van der Waals surface area contributed by atoms with Gasteiger partial charge in [0.05, 0.1) is 12.1 Å². The van der Waals surface area contributed by atoms with Gasteiger partial charge in [0.15, 0.2) is 0 Å². The Bertz CT molecular complexity index is 625. The van der Waals surface area contributed by atoms with Crippen LogP contribution in [0.15, 0.2) is 60.7 Å². The quantitative estimate of drug-likeness (QED) is 0.868. The molecule has 0 spiro atoms. The molecular formula is C16H14N2O2. The maximum absolute atomic E-state index is 12.4. The standard InChI is InChI=1S/C16H14N2O2/c19-15-11-14(17-12-7-3-1-4-8-12)16(20)18(15)13-9-5-2-6-10-13/h1-10,14,17H,11H2. The van der Waals surface area contributed by atoms with Gasteiger partial charge in [-0.25, -0.2) is 4.90 Å². The summed E-state index contributed by atoms with van der Waals surface area (Å²) in [6.45, 7) is 0. The van der Waals surface area contributed by atoms with Crippen LogP contribution in [0.2, 0.25) is 0 Å². The molecule has 1 N–H and O–H groups in total. The third-order valence-corrected chi connectivity index (χ3v) is 3.28. The van der Waals surface area contributed by atoms with Crippen molar-refractivity contribution in [1.29, 1.82) is 0 Å². The molecule has 0 aromatic heterocycles. The van der Waals surface area contributed by atoms with E-state index < -0.39 is 6.04 Å². The van der Waals surface area contributed by atoms with Gasteiger partial charge in [0.2, 0.25) is 5.91 Å². The maximum Gasteiger partial charge on any atom is 0.256 e. The highest BCUT2D eigenvalue weighted by molar-refractivity contribution is 6.23. The van der Waals surface area contributed by atoms with E-state index in [2.05, 4.69) is 5.32 Å². The molecule has 3 rings (SSSR count). The average molecular weight is 266 g/mol. The number of benzene rings is 2. The maximum atomic E-state index is 12.4. The summed E-state index contributed by atoms with van der Waals surface area (Å²) in [5, 5.41) is 3.11. The number of amides is 2. The van der Waals surface area contributed by atoms with E-state index in [0.29, 0.717) is 5.69 Å². The van der Waals surface area contributed by atoms with Crippen LogP contribution in [0, 0.1) is 0 Å². The lowest BCUT2D eigenvalue weighted by Crippen LogP contribution is -2.34. The molecule has 100 valence electrons. The van der Waals surface area contributed by atoms with Gasteiger partial charge in [-0.15, -0.1) is 0 Å². The largest absolute Gasteiger partial charge is 0.373 e. The van der Waals surface area contributed by atoms with E-state index in [0.717, 1.165) is 5.69 Å². The van der Waals surface area contributed by atoms with Gasteiger partial charge in [-0.1, -0.05) is 36.4 Å². The molecule has 1 fully saturated rings. The number of rotatable bonds is 3. The van der Waals surface area contributed by atoms with Gasteiger partial charge in [0.25, 0.3) is 5.91 Å². The first-order chi connectivity index (χ1) is 9.75. The molecule has 2 amide bonds. The lowest BCUT2D eigenvalue weighted by Gasteiger charge is -2.15. The number of carbonyl (C=O) groups excluding carboxylic acids is 2. The second-order valence-electron chi connectivity index (χ2n) is 4.67. The van der Waals surface area contributed by atoms with Gasteiger partial charge < -0.3 is 5.32 Å².